The lowest BCUT2D eigenvalue weighted by Crippen LogP contribution is -2.59. The van der Waals surface area contributed by atoms with Crippen molar-refractivity contribution in [3.8, 4) is 11.5 Å². The van der Waals surface area contributed by atoms with Crippen molar-refractivity contribution in [2.45, 2.75) is 51.7 Å². The number of carbonyl (C=O) groups excluding carboxylic acids is 1. The van der Waals surface area contributed by atoms with Crippen LogP contribution in [0.25, 0.3) is 0 Å². The van der Waals surface area contributed by atoms with Gasteiger partial charge in [0.2, 0.25) is 5.91 Å². The largest absolute Gasteiger partial charge is 0.493 e. The number of nitrogens with one attached hydrogen (secondary N) is 1. The third kappa shape index (κ3) is 3.12. The fraction of sp³-hybridized carbons (Fsp3) is 0.696. The lowest BCUT2D eigenvalue weighted by atomic mass is 9.59. The molecule has 6 heteroatoms. The Hall–Kier alpha value is -1.79. The molecule has 160 valence electrons. The molecule has 3 aliphatic rings. The highest BCUT2D eigenvalue weighted by Gasteiger charge is 2.68. The second kappa shape index (κ2) is 7.47. The zero-order valence-electron chi connectivity index (χ0n) is 17.9. The summed E-state index contributed by atoms with van der Waals surface area (Å²) in [6.45, 7) is 5.14. The van der Waals surface area contributed by atoms with Crippen LogP contribution in [0, 0.1) is 22.7 Å². The average Bonchev–Trinajstić information content (AvgIpc) is 3.20. The number of fused-ring (bicyclic) bond motifs is 1. The van der Waals surface area contributed by atoms with Gasteiger partial charge >= 0.3 is 0 Å². The second-order valence-electron chi connectivity index (χ2n) is 9.43. The van der Waals surface area contributed by atoms with Crippen LogP contribution in [0.3, 0.4) is 0 Å². The normalized spacial score (nSPS) is 34.5. The molecule has 0 radical (unpaired) electrons. The van der Waals surface area contributed by atoms with E-state index in [4.69, 9.17) is 14.2 Å². The summed E-state index contributed by atoms with van der Waals surface area (Å²) in [4.78, 5) is 12.4. The number of benzene rings is 1. The summed E-state index contributed by atoms with van der Waals surface area (Å²) < 4.78 is 17.2. The number of hydrogen-bond acceptors (Lipinski definition) is 5. The minimum Gasteiger partial charge on any atom is -0.493 e. The minimum atomic E-state index is -0.115. The van der Waals surface area contributed by atoms with Crippen LogP contribution in [-0.4, -0.2) is 44.5 Å². The molecule has 2 N–H and O–H groups in total. The Balaban J connectivity index is 1.66. The maximum Gasteiger partial charge on any atom is 0.222 e. The van der Waals surface area contributed by atoms with E-state index in [0.29, 0.717) is 29.9 Å². The lowest BCUT2D eigenvalue weighted by Gasteiger charge is -2.53. The predicted octanol–water partition coefficient (Wildman–Crippen LogP) is 3.08. The predicted molar refractivity (Wildman–Crippen MR) is 109 cm³/mol. The first-order valence-corrected chi connectivity index (χ1v) is 10.6. The van der Waals surface area contributed by atoms with E-state index in [0.717, 1.165) is 24.8 Å². The zero-order valence-corrected chi connectivity index (χ0v) is 17.9. The summed E-state index contributed by atoms with van der Waals surface area (Å²) >= 11 is 0. The Labute approximate surface area is 172 Å². The van der Waals surface area contributed by atoms with Gasteiger partial charge in [-0.2, -0.15) is 0 Å². The van der Waals surface area contributed by atoms with E-state index >= 15 is 0 Å². The highest BCUT2D eigenvalue weighted by atomic mass is 16.5. The Morgan fingerprint density at radius 3 is 2.72 bits per heavy atom. The van der Waals surface area contributed by atoms with E-state index in [1.54, 1.807) is 14.2 Å². The molecule has 3 fully saturated rings. The molecule has 1 saturated heterocycles. The molecule has 1 unspecified atom stereocenters. The van der Waals surface area contributed by atoms with Gasteiger partial charge in [-0.15, -0.1) is 0 Å². The summed E-state index contributed by atoms with van der Waals surface area (Å²) in [5.41, 5.74) is 1.19. The van der Waals surface area contributed by atoms with Crippen molar-refractivity contribution in [1.29, 1.82) is 0 Å². The smallest absolute Gasteiger partial charge is 0.222 e. The standard InChI is InChI=1S/C23H33NO5/c1-22(2)15-12-16-20(14-5-6-17(27-3)18(11-14)28-4)29-10-8-23(16,13-15)21(22)24-19(26)7-9-25/h5-6,11,15-16,20-21,25H,7-10,12-13H2,1-4H3,(H,24,26)/t15-,16-,20-,21-,23?/m1/s1. The van der Waals surface area contributed by atoms with E-state index in [9.17, 15) is 9.90 Å². The SMILES string of the molecule is COc1ccc([C@H]2OCCC34C[C@@H](C[C@H]23)C(C)(C)[C@H]4NC(=O)CCO)cc1OC. The summed E-state index contributed by atoms with van der Waals surface area (Å²) in [6.07, 6.45) is 3.35. The molecule has 2 bridgehead atoms. The number of rotatable bonds is 6. The van der Waals surface area contributed by atoms with Crippen LogP contribution in [0.1, 0.15) is 51.2 Å². The number of carbonyl (C=O) groups is 1. The molecular formula is C23H33NO5. The first-order valence-electron chi connectivity index (χ1n) is 10.6. The Kier molecular flexibility index (Phi) is 5.28. The van der Waals surface area contributed by atoms with E-state index in [-0.39, 0.29) is 41.9 Å². The molecule has 1 amide bonds. The van der Waals surface area contributed by atoms with Crippen molar-refractivity contribution >= 4 is 5.91 Å². The van der Waals surface area contributed by atoms with Crippen molar-refractivity contribution in [2.75, 3.05) is 27.4 Å². The lowest BCUT2D eigenvalue weighted by molar-refractivity contribution is -0.137. The van der Waals surface area contributed by atoms with Crippen molar-refractivity contribution < 1.29 is 24.1 Å². The van der Waals surface area contributed by atoms with Crippen LogP contribution >= 0.6 is 0 Å². The van der Waals surface area contributed by atoms with Gasteiger partial charge < -0.3 is 24.6 Å². The first-order chi connectivity index (χ1) is 13.9. The van der Waals surface area contributed by atoms with Gasteiger partial charge in [-0.05, 0) is 59.6 Å². The maximum absolute atomic E-state index is 12.4. The third-order valence-corrected chi connectivity index (χ3v) is 7.89. The number of aliphatic hydroxyl groups is 1. The van der Waals surface area contributed by atoms with Gasteiger partial charge in [-0.25, -0.2) is 0 Å². The average molecular weight is 404 g/mol. The van der Waals surface area contributed by atoms with Gasteiger partial charge in [0.1, 0.15) is 0 Å². The fourth-order valence-corrected chi connectivity index (χ4v) is 6.48. The van der Waals surface area contributed by atoms with Gasteiger partial charge in [0, 0.05) is 19.1 Å². The van der Waals surface area contributed by atoms with Gasteiger partial charge in [-0.3, -0.25) is 4.79 Å². The van der Waals surface area contributed by atoms with E-state index in [1.165, 1.54) is 0 Å². The minimum absolute atomic E-state index is 0.0121. The molecule has 1 spiro atoms. The number of ether oxygens (including phenoxy) is 3. The zero-order chi connectivity index (χ0) is 20.8. The number of aliphatic hydroxyl groups excluding tert-OH is 1. The molecule has 2 aliphatic carbocycles. The number of methoxy groups -OCH3 is 2. The highest BCUT2D eigenvalue weighted by molar-refractivity contribution is 5.76. The van der Waals surface area contributed by atoms with Crippen molar-refractivity contribution in [3.05, 3.63) is 23.8 Å². The summed E-state index contributed by atoms with van der Waals surface area (Å²) in [6, 6.07) is 6.14. The van der Waals surface area contributed by atoms with Gasteiger partial charge in [0.25, 0.3) is 0 Å². The molecular weight excluding hydrogens is 370 g/mol. The summed E-state index contributed by atoms with van der Waals surface area (Å²) in [5.74, 6) is 2.28. The molecule has 29 heavy (non-hydrogen) atoms. The van der Waals surface area contributed by atoms with Crippen molar-refractivity contribution in [2.24, 2.45) is 22.7 Å². The Morgan fingerprint density at radius 2 is 2.03 bits per heavy atom. The van der Waals surface area contributed by atoms with Gasteiger partial charge in [0.15, 0.2) is 11.5 Å². The van der Waals surface area contributed by atoms with E-state index < -0.39 is 0 Å². The third-order valence-electron chi connectivity index (χ3n) is 7.89. The first kappa shape index (κ1) is 20.5. The van der Waals surface area contributed by atoms with Crippen molar-refractivity contribution in [1.82, 2.24) is 5.32 Å². The number of amides is 1. The van der Waals surface area contributed by atoms with Gasteiger partial charge in [0.05, 0.1) is 26.9 Å². The van der Waals surface area contributed by atoms with Crippen LogP contribution in [0.4, 0.5) is 0 Å². The summed E-state index contributed by atoms with van der Waals surface area (Å²) in [5, 5.41) is 12.5. The molecule has 6 nitrogen and oxygen atoms in total. The fourth-order valence-electron chi connectivity index (χ4n) is 6.48. The second-order valence-corrected chi connectivity index (χ2v) is 9.43. The van der Waals surface area contributed by atoms with Crippen molar-refractivity contribution in [3.63, 3.8) is 0 Å². The molecule has 1 aliphatic heterocycles. The van der Waals surface area contributed by atoms with Crippen LogP contribution < -0.4 is 14.8 Å². The van der Waals surface area contributed by atoms with Crippen LogP contribution in [0.2, 0.25) is 0 Å². The Bertz CT molecular complexity index is 779. The maximum atomic E-state index is 12.4. The van der Waals surface area contributed by atoms with Crippen LogP contribution in [-0.2, 0) is 9.53 Å². The van der Waals surface area contributed by atoms with Crippen LogP contribution in [0.5, 0.6) is 11.5 Å². The molecule has 1 aromatic rings. The molecule has 1 heterocycles. The molecule has 1 aromatic carbocycles. The highest BCUT2D eigenvalue weighted by Crippen LogP contribution is 2.70. The molecule has 4 rings (SSSR count). The van der Waals surface area contributed by atoms with E-state index in [2.05, 4.69) is 25.2 Å². The topological polar surface area (TPSA) is 77.0 Å². The molecule has 5 atom stereocenters. The Morgan fingerprint density at radius 1 is 1.28 bits per heavy atom. The van der Waals surface area contributed by atoms with Gasteiger partial charge in [-0.1, -0.05) is 19.9 Å². The van der Waals surface area contributed by atoms with Crippen LogP contribution in [0.15, 0.2) is 18.2 Å². The summed E-state index contributed by atoms with van der Waals surface area (Å²) in [7, 11) is 3.29. The molecule has 2 saturated carbocycles. The quantitative estimate of drug-likeness (QED) is 0.763. The van der Waals surface area contributed by atoms with E-state index in [1.807, 2.05) is 12.1 Å². The molecule has 0 aromatic heterocycles. The number of hydrogen-bond donors (Lipinski definition) is 2. The monoisotopic (exact) mass is 403 g/mol.